The number of aromatic nitrogens is 2. The van der Waals surface area contributed by atoms with Gasteiger partial charge in [0.2, 0.25) is 0 Å². The van der Waals surface area contributed by atoms with Gasteiger partial charge in [-0.05, 0) is 31.2 Å². The number of hydrogen-bond donors (Lipinski definition) is 2. The lowest BCUT2D eigenvalue weighted by Gasteiger charge is -2.09. The average molecular weight is 363 g/mol. The molecule has 1 amide bonds. The molecule has 8 heteroatoms. The number of pyridine rings is 1. The molecule has 0 aliphatic rings. The Morgan fingerprint density at radius 2 is 2.00 bits per heavy atom. The number of carbonyl (C=O) groups excluding carboxylic acids is 1. The number of hydrogen-bond acceptors (Lipinski definition) is 5. The van der Waals surface area contributed by atoms with E-state index in [1.807, 2.05) is 0 Å². The lowest BCUT2D eigenvalue weighted by atomic mass is 10.2. The molecular formula is C16H12Cl2N4O2. The molecule has 0 fully saturated rings. The van der Waals surface area contributed by atoms with Crippen molar-refractivity contribution in [1.29, 1.82) is 0 Å². The Kier molecular flexibility index (Phi) is 4.69. The van der Waals surface area contributed by atoms with Gasteiger partial charge in [-0.1, -0.05) is 34.4 Å². The number of nitrogens with one attached hydrogen (secondary N) is 2. The van der Waals surface area contributed by atoms with Crippen molar-refractivity contribution in [3.8, 4) is 0 Å². The van der Waals surface area contributed by atoms with Crippen molar-refractivity contribution >= 4 is 46.4 Å². The standard InChI is InChI=1S/C16H12Cl2N4O2/c1-9-7-14(22-24-9)21-16(23)10-5-6-13(19-8-10)20-12-4-2-3-11(17)15(12)18/h2-8H,1H3,(H,19,20)(H,21,22,23). The number of nitrogens with zero attached hydrogens (tertiary/aromatic N) is 2. The molecule has 2 heterocycles. The molecule has 0 radical (unpaired) electrons. The largest absolute Gasteiger partial charge is 0.360 e. The molecule has 0 unspecified atom stereocenters. The second kappa shape index (κ2) is 6.90. The van der Waals surface area contributed by atoms with Gasteiger partial charge in [0.1, 0.15) is 11.6 Å². The summed E-state index contributed by atoms with van der Waals surface area (Å²) in [5, 5.41) is 10.2. The average Bonchev–Trinajstić information content (AvgIpc) is 2.97. The zero-order valence-electron chi connectivity index (χ0n) is 12.5. The van der Waals surface area contributed by atoms with Crippen LogP contribution in [0.15, 0.2) is 47.1 Å². The van der Waals surface area contributed by atoms with E-state index in [0.29, 0.717) is 38.7 Å². The lowest BCUT2D eigenvalue weighted by Crippen LogP contribution is -2.12. The van der Waals surface area contributed by atoms with Crippen LogP contribution in [0, 0.1) is 6.92 Å². The van der Waals surface area contributed by atoms with Crippen molar-refractivity contribution in [3.05, 3.63) is 64.0 Å². The third-order valence-electron chi connectivity index (χ3n) is 3.11. The SMILES string of the molecule is Cc1cc(NC(=O)c2ccc(Nc3cccc(Cl)c3Cl)nc2)no1. The monoisotopic (exact) mass is 362 g/mol. The van der Waals surface area contributed by atoms with Gasteiger partial charge < -0.3 is 15.2 Å². The summed E-state index contributed by atoms with van der Waals surface area (Å²) in [4.78, 5) is 16.3. The maximum atomic E-state index is 12.1. The summed E-state index contributed by atoms with van der Waals surface area (Å²) in [5.74, 6) is 1.17. The van der Waals surface area contributed by atoms with Gasteiger partial charge in [-0.2, -0.15) is 0 Å². The molecule has 122 valence electrons. The quantitative estimate of drug-likeness (QED) is 0.704. The van der Waals surface area contributed by atoms with E-state index in [4.69, 9.17) is 27.7 Å². The first-order valence-electron chi connectivity index (χ1n) is 6.94. The minimum Gasteiger partial charge on any atom is -0.360 e. The molecule has 2 N–H and O–H groups in total. The fourth-order valence-electron chi connectivity index (χ4n) is 1.95. The van der Waals surface area contributed by atoms with Crippen LogP contribution in [0.4, 0.5) is 17.3 Å². The Labute approximate surface area is 147 Å². The van der Waals surface area contributed by atoms with E-state index >= 15 is 0 Å². The molecule has 0 bridgehead atoms. The molecule has 0 saturated carbocycles. The highest BCUT2D eigenvalue weighted by Crippen LogP contribution is 2.31. The zero-order chi connectivity index (χ0) is 17.1. The first-order valence-corrected chi connectivity index (χ1v) is 7.70. The maximum Gasteiger partial charge on any atom is 0.258 e. The first kappa shape index (κ1) is 16.3. The molecule has 24 heavy (non-hydrogen) atoms. The molecule has 1 aromatic carbocycles. The number of anilines is 3. The van der Waals surface area contributed by atoms with E-state index in [2.05, 4.69) is 20.8 Å². The van der Waals surface area contributed by atoms with Crippen LogP contribution in [0.3, 0.4) is 0 Å². The Balaban J connectivity index is 1.71. The summed E-state index contributed by atoms with van der Waals surface area (Å²) in [6.45, 7) is 1.74. The molecular weight excluding hydrogens is 351 g/mol. The summed E-state index contributed by atoms with van der Waals surface area (Å²) in [6, 6.07) is 10.2. The van der Waals surface area contributed by atoms with Crippen molar-refractivity contribution in [2.75, 3.05) is 10.6 Å². The molecule has 0 aliphatic heterocycles. The number of rotatable bonds is 4. The van der Waals surface area contributed by atoms with Crippen LogP contribution in [0.25, 0.3) is 0 Å². The fourth-order valence-corrected chi connectivity index (χ4v) is 2.30. The Morgan fingerprint density at radius 1 is 1.17 bits per heavy atom. The van der Waals surface area contributed by atoms with Gasteiger partial charge in [0.25, 0.3) is 5.91 Å². The maximum absolute atomic E-state index is 12.1. The van der Waals surface area contributed by atoms with E-state index in [-0.39, 0.29) is 5.91 Å². The van der Waals surface area contributed by atoms with Crippen LogP contribution in [0.2, 0.25) is 10.0 Å². The molecule has 2 aromatic heterocycles. The van der Waals surface area contributed by atoms with Crippen molar-refractivity contribution in [3.63, 3.8) is 0 Å². The molecule has 3 rings (SSSR count). The van der Waals surface area contributed by atoms with Crippen LogP contribution in [0.1, 0.15) is 16.1 Å². The van der Waals surface area contributed by atoms with Gasteiger partial charge in [-0.25, -0.2) is 4.98 Å². The van der Waals surface area contributed by atoms with Gasteiger partial charge in [-0.15, -0.1) is 0 Å². The molecule has 0 saturated heterocycles. The minimum atomic E-state index is -0.330. The summed E-state index contributed by atoms with van der Waals surface area (Å²) < 4.78 is 4.89. The van der Waals surface area contributed by atoms with E-state index in [9.17, 15) is 4.79 Å². The van der Waals surface area contributed by atoms with Gasteiger partial charge in [0, 0.05) is 12.3 Å². The van der Waals surface area contributed by atoms with E-state index in [1.165, 1.54) is 6.20 Å². The highest BCUT2D eigenvalue weighted by atomic mass is 35.5. The highest BCUT2D eigenvalue weighted by molar-refractivity contribution is 6.43. The molecule has 0 aliphatic carbocycles. The summed E-state index contributed by atoms with van der Waals surface area (Å²) in [6.07, 6.45) is 1.45. The molecule has 0 atom stereocenters. The highest BCUT2D eigenvalue weighted by Gasteiger charge is 2.10. The van der Waals surface area contributed by atoms with Crippen LogP contribution in [-0.2, 0) is 0 Å². The Hall–Kier alpha value is -2.57. The number of halogens is 2. The number of amides is 1. The smallest absolute Gasteiger partial charge is 0.258 e. The van der Waals surface area contributed by atoms with Crippen LogP contribution in [0.5, 0.6) is 0 Å². The van der Waals surface area contributed by atoms with E-state index < -0.39 is 0 Å². The summed E-state index contributed by atoms with van der Waals surface area (Å²) >= 11 is 12.1. The van der Waals surface area contributed by atoms with Gasteiger partial charge in [0.05, 0.1) is 21.3 Å². The van der Waals surface area contributed by atoms with E-state index in [0.717, 1.165) is 0 Å². The number of carbonyl (C=O) groups is 1. The lowest BCUT2D eigenvalue weighted by molar-refractivity contribution is 0.102. The number of aryl methyl sites for hydroxylation is 1. The van der Waals surface area contributed by atoms with Crippen molar-refractivity contribution in [1.82, 2.24) is 10.1 Å². The molecule has 0 spiro atoms. The second-order valence-corrected chi connectivity index (χ2v) is 5.72. The van der Waals surface area contributed by atoms with Gasteiger partial charge in [-0.3, -0.25) is 4.79 Å². The third kappa shape index (κ3) is 3.67. The number of benzene rings is 1. The predicted molar refractivity (Wildman–Crippen MR) is 93.2 cm³/mol. The Bertz CT molecular complexity index is 878. The van der Waals surface area contributed by atoms with Crippen LogP contribution in [-0.4, -0.2) is 16.0 Å². The van der Waals surface area contributed by atoms with Gasteiger partial charge >= 0.3 is 0 Å². The summed E-state index contributed by atoms with van der Waals surface area (Å²) in [5.41, 5.74) is 1.02. The van der Waals surface area contributed by atoms with Crippen molar-refractivity contribution in [2.45, 2.75) is 6.92 Å². The molecule has 3 aromatic rings. The van der Waals surface area contributed by atoms with E-state index in [1.54, 1.807) is 43.3 Å². The van der Waals surface area contributed by atoms with Crippen LogP contribution < -0.4 is 10.6 Å². The molecule has 6 nitrogen and oxygen atoms in total. The minimum absolute atomic E-state index is 0.330. The second-order valence-electron chi connectivity index (χ2n) is 4.94. The first-order chi connectivity index (χ1) is 11.5. The topological polar surface area (TPSA) is 80.0 Å². The van der Waals surface area contributed by atoms with Gasteiger partial charge in [0.15, 0.2) is 5.82 Å². The van der Waals surface area contributed by atoms with Crippen molar-refractivity contribution in [2.24, 2.45) is 0 Å². The Morgan fingerprint density at radius 3 is 2.67 bits per heavy atom. The zero-order valence-corrected chi connectivity index (χ0v) is 14.0. The third-order valence-corrected chi connectivity index (χ3v) is 3.93. The van der Waals surface area contributed by atoms with Crippen molar-refractivity contribution < 1.29 is 9.32 Å². The fraction of sp³-hybridized carbons (Fsp3) is 0.0625. The normalized spacial score (nSPS) is 10.5. The summed E-state index contributed by atoms with van der Waals surface area (Å²) in [7, 11) is 0. The predicted octanol–water partition coefficient (Wildman–Crippen LogP) is 4.68. The van der Waals surface area contributed by atoms with Crippen LogP contribution >= 0.6 is 23.2 Å².